The molecule has 0 fully saturated rings. The van der Waals surface area contributed by atoms with Crippen molar-refractivity contribution in [3.05, 3.63) is 0 Å². The fourth-order valence-corrected chi connectivity index (χ4v) is 1.88. The van der Waals surface area contributed by atoms with Crippen molar-refractivity contribution in [1.82, 2.24) is 0 Å². The van der Waals surface area contributed by atoms with Crippen molar-refractivity contribution >= 4 is 0 Å². The molecule has 0 saturated heterocycles. The van der Waals surface area contributed by atoms with Gasteiger partial charge in [-0.1, -0.05) is 0 Å². The van der Waals surface area contributed by atoms with Crippen LogP contribution in [0.3, 0.4) is 0 Å². The second-order valence-corrected chi connectivity index (χ2v) is 5.42. The summed E-state index contributed by atoms with van der Waals surface area (Å²) < 4.78 is 0. The number of hydrogen-bond acceptors (Lipinski definition) is 12. The van der Waals surface area contributed by atoms with Crippen LogP contribution in [0.25, 0.3) is 0 Å². The molecule has 0 heterocycles. The highest BCUT2D eigenvalue weighted by Gasteiger charge is 2.42. The van der Waals surface area contributed by atoms with E-state index in [1.165, 1.54) is 0 Å². The average molecular weight is 362 g/mol. The van der Waals surface area contributed by atoms with Crippen molar-refractivity contribution < 1.29 is 61.3 Å². The molecule has 0 unspecified atom stereocenters. The van der Waals surface area contributed by atoms with E-state index in [9.17, 15) is 40.9 Å². The normalized spacial score (nSPS) is 25.0. The summed E-state index contributed by atoms with van der Waals surface area (Å²) in [6, 6.07) is 0. The van der Waals surface area contributed by atoms with Gasteiger partial charge >= 0.3 is 0 Å². The first-order chi connectivity index (χ1) is 11.0. The topological polar surface area (TPSA) is 243 Å². The zero-order valence-electron chi connectivity index (χ0n) is 12.6. The van der Waals surface area contributed by atoms with Crippen LogP contribution >= 0.6 is 0 Å². The van der Waals surface area contributed by atoms with E-state index < -0.39 is 74.3 Å². The lowest BCUT2D eigenvalue weighted by Gasteiger charge is -2.34. The Morgan fingerprint density at radius 3 is 0.667 bits per heavy atom. The van der Waals surface area contributed by atoms with Gasteiger partial charge in [-0.3, -0.25) is 0 Å². The molecule has 0 rings (SSSR count). The summed E-state index contributed by atoms with van der Waals surface area (Å²) in [7, 11) is 0. The first kappa shape index (κ1) is 23.5. The first-order valence-electron chi connectivity index (χ1n) is 7.03. The summed E-state index contributed by atoms with van der Waals surface area (Å²) in [4.78, 5) is 0. The summed E-state index contributed by atoms with van der Waals surface area (Å²) in [6.45, 7) is -1.95. The molecule has 0 aromatic heterocycles. The van der Waals surface area contributed by atoms with E-state index in [1.807, 2.05) is 0 Å². The summed E-state index contributed by atoms with van der Waals surface area (Å²) in [5, 5.41) is 112. The second-order valence-electron chi connectivity index (χ2n) is 5.42. The second kappa shape index (κ2) is 10.5. The molecule has 0 aliphatic heterocycles. The molecule has 146 valence electrons. The third kappa shape index (κ3) is 5.80. The number of rotatable bonds is 11. The third-order valence-corrected chi connectivity index (χ3v) is 3.61. The molecule has 12 heteroatoms. The molecule has 10 atom stereocenters. The summed E-state index contributed by atoms with van der Waals surface area (Å²) >= 11 is 0. The summed E-state index contributed by atoms with van der Waals surface area (Å²) in [6.07, 6.45) is -21.8. The molecule has 12 nitrogen and oxygen atoms in total. The number of aliphatic hydroxyl groups excluding tert-OH is 12. The number of aliphatic hydroxyl groups is 12. The molecule has 0 aromatic rings. The van der Waals surface area contributed by atoms with E-state index in [-0.39, 0.29) is 0 Å². The molecule has 24 heavy (non-hydrogen) atoms. The van der Waals surface area contributed by atoms with Crippen LogP contribution in [0, 0.1) is 0 Å². The SMILES string of the molecule is OC[C@@H](O)[C@@H](O)[C@H](O)[C@H](O)[C@@H](O)[C@@H](O)[C@@H](O)[C@@H](O)[C@H](O)[C@@H](O)CO. The molecule has 0 aromatic carbocycles. The lowest BCUT2D eigenvalue weighted by molar-refractivity contribution is -0.193. The zero-order valence-corrected chi connectivity index (χ0v) is 12.6. The first-order valence-corrected chi connectivity index (χ1v) is 7.03. The highest BCUT2D eigenvalue weighted by atomic mass is 16.4. The van der Waals surface area contributed by atoms with Crippen LogP contribution in [-0.2, 0) is 0 Å². The van der Waals surface area contributed by atoms with Crippen LogP contribution in [0.15, 0.2) is 0 Å². The summed E-state index contributed by atoms with van der Waals surface area (Å²) in [5.74, 6) is 0. The standard InChI is InChI=1S/C12H26O12/c13-1-3(15)5(17)7(19)9(21)11(23)12(24)10(22)8(20)6(18)4(16)2-14/h3-24H,1-2H2/t3-,4+,5-,6-,7+,8+,9+,10+,11-,12+/m1/s1. The molecule has 0 aliphatic rings. The monoisotopic (exact) mass is 362 g/mol. The molecular weight excluding hydrogens is 336 g/mol. The predicted molar refractivity (Wildman–Crippen MR) is 74.2 cm³/mol. The minimum Gasteiger partial charge on any atom is -0.394 e. The minimum atomic E-state index is -2.36. The van der Waals surface area contributed by atoms with Crippen LogP contribution in [0.5, 0.6) is 0 Å². The molecule has 0 bridgehead atoms. The van der Waals surface area contributed by atoms with Crippen molar-refractivity contribution in [3.63, 3.8) is 0 Å². The van der Waals surface area contributed by atoms with Gasteiger partial charge in [0.2, 0.25) is 0 Å². The highest BCUT2D eigenvalue weighted by molar-refractivity contribution is 4.93. The molecule has 0 aliphatic carbocycles. The van der Waals surface area contributed by atoms with Gasteiger partial charge < -0.3 is 61.3 Å². The van der Waals surface area contributed by atoms with Gasteiger partial charge in [-0.2, -0.15) is 0 Å². The Morgan fingerprint density at radius 2 is 0.500 bits per heavy atom. The van der Waals surface area contributed by atoms with Gasteiger partial charge in [0.05, 0.1) is 13.2 Å². The minimum absolute atomic E-state index is 0.976. The smallest absolute Gasteiger partial charge is 0.111 e. The highest BCUT2D eigenvalue weighted by Crippen LogP contribution is 2.16. The summed E-state index contributed by atoms with van der Waals surface area (Å²) in [5.41, 5.74) is 0. The van der Waals surface area contributed by atoms with Gasteiger partial charge in [0.25, 0.3) is 0 Å². The fourth-order valence-electron chi connectivity index (χ4n) is 1.88. The van der Waals surface area contributed by atoms with E-state index in [0.717, 1.165) is 0 Å². The van der Waals surface area contributed by atoms with Crippen LogP contribution in [0.2, 0.25) is 0 Å². The van der Waals surface area contributed by atoms with Gasteiger partial charge in [0, 0.05) is 0 Å². The Hall–Kier alpha value is -0.480. The molecule has 0 saturated carbocycles. The maximum absolute atomic E-state index is 9.68. The zero-order chi connectivity index (χ0) is 19.2. The molecule has 0 amide bonds. The molecular formula is C12H26O12. The molecule has 0 radical (unpaired) electrons. The predicted octanol–water partition coefficient (Wildman–Crippen LogP) is -7.42. The van der Waals surface area contributed by atoms with Gasteiger partial charge in [-0.15, -0.1) is 0 Å². The van der Waals surface area contributed by atoms with Gasteiger partial charge in [0.15, 0.2) is 0 Å². The maximum atomic E-state index is 9.68. The van der Waals surface area contributed by atoms with E-state index in [4.69, 9.17) is 20.4 Å². The van der Waals surface area contributed by atoms with E-state index in [2.05, 4.69) is 0 Å². The Morgan fingerprint density at radius 1 is 0.333 bits per heavy atom. The van der Waals surface area contributed by atoms with Gasteiger partial charge in [-0.05, 0) is 0 Å². The van der Waals surface area contributed by atoms with Crippen molar-refractivity contribution in [2.24, 2.45) is 0 Å². The molecule has 0 spiro atoms. The maximum Gasteiger partial charge on any atom is 0.111 e. The lowest BCUT2D eigenvalue weighted by Crippen LogP contribution is -2.58. The van der Waals surface area contributed by atoms with E-state index in [0.29, 0.717) is 0 Å². The van der Waals surface area contributed by atoms with Gasteiger partial charge in [0.1, 0.15) is 61.0 Å². The largest absolute Gasteiger partial charge is 0.394 e. The fraction of sp³-hybridized carbons (Fsp3) is 1.00. The quantitative estimate of drug-likeness (QED) is 0.164. The Bertz CT molecular complexity index is 312. The third-order valence-electron chi connectivity index (χ3n) is 3.61. The van der Waals surface area contributed by atoms with Crippen LogP contribution in [0.4, 0.5) is 0 Å². The van der Waals surface area contributed by atoms with Crippen molar-refractivity contribution in [2.45, 2.75) is 61.0 Å². The lowest BCUT2D eigenvalue weighted by atomic mass is 9.91. The van der Waals surface area contributed by atoms with E-state index >= 15 is 0 Å². The Labute approximate surface area is 136 Å². The van der Waals surface area contributed by atoms with Crippen molar-refractivity contribution in [1.29, 1.82) is 0 Å². The average Bonchev–Trinajstić information content (AvgIpc) is 2.61. The van der Waals surface area contributed by atoms with Crippen LogP contribution in [0.1, 0.15) is 0 Å². The molecule has 12 N–H and O–H groups in total. The van der Waals surface area contributed by atoms with Crippen molar-refractivity contribution in [2.75, 3.05) is 13.2 Å². The van der Waals surface area contributed by atoms with Crippen LogP contribution in [-0.4, -0.2) is 136 Å². The Balaban J connectivity index is 4.92. The van der Waals surface area contributed by atoms with Gasteiger partial charge in [-0.25, -0.2) is 0 Å². The van der Waals surface area contributed by atoms with Crippen molar-refractivity contribution in [3.8, 4) is 0 Å². The van der Waals surface area contributed by atoms with Crippen LogP contribution < -0.4 is 0 Å². The number of hydrogen-bond donors (Lipinski definition) is 12. The Kier molecular flexibility index (Phi) is 10.3. The van der Waals surface area contributed by atoms with E-state index in [1.54, 1.807) is 0 Å².